The fourth-order valence-corrected chi connectivity index (χ4v) is 2.57. The zero-order valence-electron chi connectivity index (χ0n) is 13.0. The Morgan fingerprint density at radius 1 is 1.13 bits per heavy atom. The van der Waals surface area contributed by atoms with Gasteiger partial charge in [0.15, 0.2) is 0 Å². The van der Waals surface area contributed by atoms with Crippen molar-refractivity contribution in [1.29, 1.82) is 0 Å². The lowest BCUT2D eigenvalue weighted by Crippen LogP contribution is -2.25. The van der Waals surface area contributed by atoms with E-state index in [0.717, 1.165) is 23.9 Å². The fourth-order valence-electron chi connectivity index (χ4n) is 2.57. The van der Waals surface area contributed by atoms with Gasteiger partial charge in [-0.1, -0.05) is 12.1 Å². The number of hydrogen-bond acceptors (Lipinski definition) is 3. The third kappa shape index (κ3) is 4.16. The van der Waals surface area contributed by atoms with Gasteiger partial charge >= 0.3 is 0 Å². The number of nitrogens with one attached hydrogen (secondary N) is 1. The summed E-state index contributed by atoms with van der Waals surface area (Å²) in [7, 11) is 0. The summed E-state index contributed by atoms with van der Waals surface area (Å²) in [6.07, 6.45) is 7.74. The van der Waals surface area contributed by atoms with E-state index in [2.05, 4.69) is 15.3 Å². The van der Waals surface area contributed by atoms with E-state index in [0.29, 0.717) is 19.5 Å². The molecule has 3 rings (SSSR count). The van der Waals surface area contributed by atoms with Crippen LogP contribution in [0.25, 0.3) is 11.0 Å². The standard InChI is InChI=1S/C18H20N4O/c23-18(20-10-3-4-15-7-11-19-12-8-15)9-13-22-14-21-16-5-1-2-6-17(16)22/h1-2,5-8,11-12,14H,3-4,9-10,13H2,(H,20,23). The molecule has 0 spiro atoms. The fraction of sp³-hybridized carbons (Fsp3) is 0.278. The molecule has 23 heavy (non-hydrogen) atoms. The summed E-state index contributed by atoms with van der Waals surface area (Å²) in [5, 5.41) is 2.98. The lowest BCUT2D eigenvalue weighted by molar-refractivity contribution is -0.121. The molecular formula is C18H20N4O. The Bertz CT molecular complexity index is 767. The van der Waals surface area contributed by atoms with Crippen LogP contribution in [0.2, 0.25) is 0 Å². The highest BCUT2D eigenvalue weighted by Gasteiger charge is 2.05. The smallest absolute Gasteiger partial charge is 0.221 e. The monoisotopic (exact) mass is 308 g/mol. The normalized spacial score (nSPS) is 10.8. The second-order valence-electron chi connectivity index (χ2n) is 5.49. The molecule has 1 aromatic carbocycles. The van der Waals surface area contributed by atoms with E-state index in [4.69, 9.17) is 0 Å². The Morgan fingerprint density at radius 3 is 2.83 bits per heavy atom. The van der Waals surface area contributed by atoms with Crippen LogP contribution in [0.4, 0.5) is 0 Å². The molecule has 3 aromatic rings. The molecule has 118 valence electrons. The number of nitrogens with zero attached hydrogens (tertiary/aromatic N) is 3. The number of carbonyl (C=O) groups excluding carboxylic acids is 1. The van der Waals surface area contributed by atoms with E-state index in [9.17, 15) is 4.79 Å². The lowest BCUT2D eigenvalue weighted by Gasteiger charge is -2.06. The molecule has 0 aliphatic heterocycles. The molecule has 5 nitrogen and oxygen atoms in total. The molecular weight excluding hydrogens is 288 g/mol. The molecule has 2 heterocycles. The van der Waals surface area contributed by atoms with Crippen molar-refractivity contribution in [2.45, 2.75) is 25.8 Å². The first-order chi connectivity index (χ1) is 11.3. The molecule has 0 saturated heterocycles. The summed E-state index contributed by atoms with van der Waals surface area (Å²) >= 11 is 0. The molecule has 0 aliphatic carbocycles. The van der Waals surface area contributed by atoms with Gasteiger partial charge in [0.2, 0.25) is 5.91 Å². The van der Waals surface area contributed by atoms with E-state index in [-0.39, 0.29) is 5.91 Å². The average molecular weight is 308 g/mol. The maximum atomic E-state index is 11.9. The molecule has 5 heteroatoms. The maximum Gasteiger partial charge on any atom is 0.221 e. The van der Waals surface area contributed by atoms with Gasteiger partial charge in [-0.3, -0.25) is 9.78 Å². The predicted octanol–water partition coefficient (Wildman–Crippen LogP) is 2.57. The number of pyridine rings is 1. The number of para-hydroxylation sites is 2. The minimum absolute atomic E-state index is 0.0810. The van der Waals surface area contributed by atoms with Crippen LogP contribution in [-0.2, 0) is 17.8 Å². The highest BCUT2D eigenvalue weighted by molar-refractivity contribution is 5.77. The molecule has 0 bridgehead atoms. The van der Waals surface area contributed by atoms with Gasteiger partial charge in [-0.15, -0.1) is 0 Å². The second kappa shape index (κ2) is 7.54. The van der Waals surface area contributed by atoms with Crippen molar-refractivity contribution in [1.82, 2.24) is 19.9 Å². The number of fused-ring (bicyclic) bond motifs is 1. The highest BCUT2D eigenvalue weighted by Crippen LogP contribution is 2.12. The van der Waals surface area contributed by atoms with Crippen LogP contribution < -0.4 is 5.32 Å². The Hall–Kier alpha value is -2.69. The average Bonchev–Trinajstić information content (AvgIpc) is 3.01. The molecule has 0 atom stereocenters. The lowest BCUT2D eigenvalue weighted by atomic mass is 10.1. The summed E-state index contributed by atoms with van der Waals surface area (Å²) in [6.45, 7) is 1.35. The first-order valence-electron chi connectivity index (χ1n) is 7.88. The van der Waals surface area contributed by atoms with Crippen LogP contribution in [-0.4, -0.2) is 27.0 Å². The topological polar surface area (TPSA) is 59.8 Å². The third-order valence-electron chi connectivity index (χ3n) is 3.82. The Labute approximate surface area is 135 Å². The molecule has 0 saturated carbocycles. The van der Waals surface area contributed by atoms with E-state index in [1.807, 2.05) is 41.0 Å². The minimum Gasteiger partial charge on any atom is -0.356 e. The van der Waals surface area contributed by atoms with Crippen molar-refractivity contribution >= 4 is 16.9 Å². The minimum atomic E-state index is 0.0810. The van der Waals surface area contributed by atoms with Gasteiger partial charge in [0.05, 0.1) is 17.4 Å². The van der Waals surface area contributed by atoms with Crippen LogP contribution in [0.3, 0.4) is 0 Å². The molecule has 0 unspecified atom stereocenters. The van der Waals surface area contributed by atoms with Gasteiger partial charge in [-0.05, 0) is 42.7 Å². The molecule has 0 aliphatic rings. The van der Waals surface area contributed by atoms with Crippen LogP contribution in [0.1, 0.15) is 18.4 Å². The van der Waals surface area contributed by atoms with E-state index >= 15 is 0 Å². The summed E-state index contributed by atoms with van der Waals surface area (Å²) < 4.78 is 2.02. The van der Waals surface area contributed by atoms with E-state index in [1.54, 1.807) is 18.7 Å². The molecule has 1 N–H and O–H groups in total. The van der Waals surface area contributed by atoms with Crippen molar-refractivity contribution in [2.24, 2.45) is 0 Å². The number of benzene rings is 1. The Balaban J connectivity index is 1.40. The first kappa shape index (κ1) is 15.2. The highest BCUT2D eigenvalue weighted by atomic mass is 16.1. The molecule has 0 fully saturated rings. The molecule has 0 radical (unpaired) electrons. The van der Waals surface area contributed by atoms with Crippen molar-refractivity contribution in [3.05, 3.63) is 60.7 Å². The van der Waals surface area contributed by atoms with Crippen molar-refractivity contribution in [3.63, 3.8) is 0 Å². The summed E-state index contributed by atoms with van der Waals surface area (Å²) in [5.74, 6) is 0.0810. The SMILES string of the molecule is O=C(CCn1cnc2ccccc21)NCCCc1ccncc1. The van der Waals surface area contributed by atoms with Gasteiger partial charge in [0.1, 0.15) is 0 Å². The number of hydrogen-bond donors (Lipinski definition) is 1. The van der Waals surface area contributed by atoms with Gasteiger partial charge in [0, 0.05) is 31.9 Å². The third-order valence-corrected chi connectivity index (χ3v) is 3.82. The van der Waals surface area contributed by atoms with Gasteiger partial charge in [0.25, 0.3) is 0 Å². The Kier molecular flexibility index (Phi) is 4.99. The van der Waals surface area contributed by atoms with E-state index in [1.165, 1.54) is 5.56 Å². The zero-order valence-corrected chi connectivity index (χ0v) is 13.0. The summed E-state index contributed by atoms with van der Waals surface area (Å²) in [6, 6.07) is 12.0. The largest absolute Gasteiger partial charge is 0.356 e. The number of aromatic nitrogens is 3. The van der Waals surface area contributed by atoms with Crippen LogP contribution >= 0.6 is 0 Å². The van der Waals surface area contributed by atoms with Crippen LogP contribution in [0, 0.1) is 0 Å². The number of imidazole rings is 1. The number of amides is 1. The number of rotatable bonds is 7. The van der Waals surface area contributed by atoms with E-state index < -0.39 is 0 Å². The quantitative estimate of drug-likeness (QED) is 0.682. The van der Waals surface area contributed by atoms with Gasteiger partial charge in [-0.2, -0.15) is 0 Å². The van der Waals surface area contributed by atoms with Crippen LogP contribution in [0.5, 0.6) is 0 Å². The predicted molar refractivity (Wildman–Crippen MR) is 89.9 cm³/mol. The summed E-state index contributed by atoms with van der Waals surface area (Å²) in [5.41, 5.74) is 3.28. The van der Waals surface area contributed by atoms with Crippen molar-refractivity contribution in [3.8, 4) is 0 Å². The Morgan fingerprint density at radius 2 is 1.96 bits per heavy atom. The van der Waals surface area contributed by atoms with Crippen LogP contribution in [0.15, 0.2) is 55.1 Å². The summed E-state index contributed by atoms with van der Waals surface area (Å²) in [4.78, 5) is 20.3. The van der Waals surface area contributed by atoms with Gasteiger partial charge in [-0.25, -0.2) is 4.98 Å². The van der Waals surface area contributed by atoms with Crippen molar-refractivity contribution < 1.29 is 4.79 Å². The molecule has 2 aromatic heterocycles. The maximum absolute atomic E-state index is 11.9. The number of aryl methyl sites for hydroxylation is 2. The zero-order chi connectivity index (χ0) is 15.9. The second-order valence-corrected chi connectivity index (χ2v) is 5.49. The molecule has 1 amide bonds. The first-order valence-corrected chi connectivity index (χ1v) is 7.88. The number of carbonyl (C=O) groups is 1. The van der Waals surface area contributed by atoms with Gasteiger partial charge < -0.3 is 9.88 Å². The van der Waals surface area contributed by atoms with Crippen molar-refractivity contribution in [2.75, 3.05) is 6.54 Å².